The molecule has 0 aromatic heterocycles. The van der Waals surface area contributed by atoms with Crippen LogP contribution in [-0.4, -0.2) is 42.2 Å². The maximum absolute atomic E-state index is 10.7. The maximum atomic E-state index is 10.7. The highest BCUT2D eigenvalue weighted by atomic mass is 16.3. The van der Waals surface area contributed by atoms with Gasteiger partial charge in [0.1, 0.15) is 6.54 Å². The smallest absolute Gasteiger partial charge is 0.301 e. The first-order valence-corrected chi connectivity index (χ1v) is 4.26. The van der Waals surface area contributed by atoms with E-state index in [1.54, 1.807) is 0 Å². The third-order valence-electron chi connectivity index (χ3n) is 2.48. The lowest BCUT2D eigenvalue weighted by atomic mass is 10.1. The Morgan fingerprint density at radius 1 is 1.27 bits per heavy atom. The molecule has 3 nitrogen and oxygen atoms in total. The van der Waals surface area contributed by atoms with Gasteiger partial charge in [-0.25, -0.2) is 4.79 Å². The van der Waals surface area contributed by atoms with Crippen LogP contribution in [-0.2, 0) is 4.79 Å². The van der Waals surface area contributed by atoms with Crippen LogP contribution >= 0.6 is 0 Å². The number of amides is 1. The van der Waals surface area contributed by atoms with E-state index in [-0.39, 0.29) is 6.61 Å². The normalized spacial score (nSPS) is 23.0. The number of rotatable bonds is 3. The van der Waals surface area contributed by atoms with Crippen LogP contribution in [0.5, 0.6) is 0 Å². The van der Waals surface area contributed by atoms with Crippen molar-refractivity contribution in [1.29, 1.82) is 0 Å². The van der Waals surface area contributed by atoms with Gasteiger partial charge < -0.3 is 5.11 Å². The van der Waals surface area contributed by atoms with E-state index in [0.717, 1.165) is 32.3 Å². The highest BCUT2D eigenvalue weighted by Crippen LogP contribution is 2.15. The number of hydrogen-bond acceptors (Lipinski definition) is 2. The molecule has 1 N–H and O–H groups in total. The van der Waals surface area contributed by atoms with Crippen molar-refractivity contribution in [2.24, 2.45) is 0 Å². The molecule has 0 atom stereocenters. The van der Waals surface area contributed by atoms with Gasteiger partial charge in [-0.2, -0.15) is 0 Å². The Morgan fingerprint density at radius 2 is 1.91 bits per heavy atom. The van der Waals surface area contributed by atoms with Gasteiger partial charge in [-0.3, -0.25) is 4.48 Å². The molecule has 1 saturated heterocycles. The first-order chi connectivity index (χ1) is 5.33. The summed E-state index contributed by atoms with van der Waals surface area (Å²) in [7, 11) is 0. The molecule has 0 aromatic carbocycles. The summed E-state index contributed by atoms with van der Waals surface area (Å²) in [6.07, 6.45) is 4.48. The minimum Gasteiger partial charge on any atom is -0.390 e. The van der Waals surface area contributed by atoms with Gasteiger partial charge in [-0.15, -0.1) is 0 Å². The summed E-state index contributed by atoms with van der Waals surface area (Å²) in [5, 5.41) is 8.74. The molecule has 3 heteroatoms. The van der Waals surface area contributed by atoms with Gasteiger partial charge in [0.05, 0.1) is 19.7 Å². The Labute approximate surface area is 67.2 Å². The van der Waals surface area contributed by atoms with Gasteiger partial charge in [-0.1, -0.05) is 0 Å². The van der Waals surface area contributed by atoms with Gasteiger partial charge >= 0.3 is 6.41 Å². The number of nitrogens with zero attached hydrogens (tertiary/aromatic N) is 1. The van der Waals surface area contributed by atoms with Crippen LogP contribution in [0, 0.1) is 0 Å². The Hall–Kier alpha value is -0.410. The number of piperidine rings is 1. The molecule has 11 heavy (non-hydrogen) atoms. The summed E-state index contributed by atoms with van der Waals surface area (Å²) >= 11 is 0. The summed E-state index contributed by atoms with van der Waals surface area (Å²) in [4.78, 5) is 10.7. The fourth-order valence-corrected chi connectivity index (χ4v) is 1.72. The zero-order valence-electron chi connectivity index (χ0n) is 6.83. The highest BCUT2D eigenvalue weighted by Gasteiger charge is 2.28. The molecule has 1 aliphatic heterocycles. The fraction of sp³-hybridized carbons (Fsp3) is 0.875. The lowest BCUT2D eigenvalue weighted by Crippen LogP contribution is -2.51. The summed E-state index contributed by atoms with van der Waals surface area (Å²) in [5.41, 5.74) is 0. The van der Waals surface area contributed by atoms with Crippen molar-refractivity contribution in [2.75, 3.05) is 26.2 Å². The predicted molar refractivity (Wildman–Crippen MR) is 41.9 cm³/mol. The molecule has 1 fully saturated rings. The first kappa shape index (κ1) is 8.68. The van der Waals surface area contributed by atoms with Gasteiger partial charge in [0, 0.05) is 0 Å². The molecule has 0 spiro atoms. The number of aliphatic hydroxyl groups is 1. The molecule has 0 bridgehead atoms. The van der Waals surface area contributed by atoms with Crippen LogP contribution in [0.2, 0.25) is 0 Å². The molecule has 0 aliphatic carbocycles. The van der Waals surface area contributed by atoms with Crippen molar-refractivity contribution in [1.82, 2.24) is 0 Å². The van der Waals surface area contributed by atoms with E-state index in [4.69, 9.17) is 5.11 Å². The van der Waals surface area contributed by atoms with Crippen LogP contribution in [0.3, 0.4) is 0 Å². The third-order valence-corrected chi connectivity index (χ3v) is 2.48. The number of likely N-dealkylation sites (tertiary alicyclic amines) is 1. The van der Waals surface area contributed by atoms with E-state index in [0.29, 0.717) is 11.0 Å². The fourth-order valence-electron chi connectivity index (χ4n) is 1.72. The number of carbonyl (C=O) groups is 1. The molecule has 1 rings (SSSR count). The highest BCUT2D eigenvalue weighted by molar-refractivity contribution is 5.37. The van der Waals surface area contributed by atoms with Gasteiger partial charge in [0.25, 0.3) is 0 Å². The first-order valence-electron chi connectivity index (χ1n) is 4.26. The Balaban J connectivity index is 2.49. The number of quaternary nitrogens is 1. The zero-order valence-corrected chi connectivity index (χ0v) is 6.83. The lowest BCUT2D eigenvalue weighted by molar-refractivity contribution is -0.851. The monoisotopic (exact) mass is 158 g/mol. The average molecular weight is 158 g/mol. The Bertz CT molecular complexity index is 125. The summed E-state index contributed by atoms with van der Waals surface area (Å²) < 4.78 is 0.483. The number of hydrogen-bond donors (Lipinski definition) is 1. The minimum atomic E-state index is 0.124. The SMILES string of the molecule is O=C[N+]1(CCO)CCCCC1. The third kappa shape index (κ3) is 2.01. The second-order valence-electron chi connectivity index (χ2n) is 3.28. The van der Waals surface area contributed by atoms with Crippen molar-refractivity contribution in [3.63, 3.8) is 0 Å². The Kier molecular flexibility index (Phi) is 3.02. The van der Waals surface area contributed by atoms with Crippen LogP contribution in [0.25, 0.3) is 0 Å². The molecule has 1 amide bonds. The second-order valence-corrected chi connectivity index (χ2v) is 3.28. The maximum Gasteiger partial charge on any atom is 0.301 e. The molecule has 0 aromatic rings. The van der Waals surface area contributed by atoms with Crippen molar-refractivity contribution in [3.05, 3.63) is 0 Å². The molecule has 0 radical (unpaired) electrons. The lowest BCUT2D eigenvalue weighted by Gasteiger charge is -2.34. The Morgan fingerprint density at radius 3 is 2.36 bits per heavy atom. The van der Waals surface area contributed by atoms with Crippen LogP contribution in [0.1, 0.15) is 19.3 Å². The van der Waals surface area contributed by atoms with Gasteiger partial charge in [-0.05, 0) is 19.3 Å². The summed E-state index contributed by atoms with van der Waals surface area (Å²) in [6.45, 7) is 2.57. The molecule has 0 saturated carbocycles. The topological polar surface area (TPSA) is 37.3 Å². The van der Waals surface area contributed by atoms with Crippen LogP contribution < -0.4 is 0 Å². The standard InChI is InChI=1S/C8H16NO2/c10-7-6-9(8-11)4-2-1-3-5-9/h8,10H,1-7H2/q+1. The molecule has 64 valence electrons. The van der Waals surface area contributed by atoms with Crippen molar-refractivity contribution in [3.8, 4) is 0 Å². The quantitative estimate of drug-likeness (QED) is 0.468. The molecule has 1 aliphatic rings. The zero-order chi connectivity index (χ0) is 8.16. The van der Waals surface area contributed by atoms with Crippen molar-refractivity contribution < 1.29 is 14.4 Å². The second kappa shape index (κ2) is 3.83. The van der Waals surface area contributed by atoms with Gasteiger partial charge in [0.2, 0.25) is 0 Å². The van der Waals surface area contributed by atoms with E-state index >= 15 is 0 Å². The minimum absolute atomic E-state index is 0.124. The van der Waals surface area contributed by atoms with Crippen LogP contribution in [0.4, 0.5) is 0 Å². The molecule has 1 heterocycles. The average Bonchev–Trinajstić information content (AvgIpc) is 2.07. The predicted octanol–water partition coefficient (Wildman–Crippen LogP) is 0.136. The number of carbonyl (C=O) groups excluding carboxylic acids is 1. The van der Waals surface area contributed by atoms with Crippen molar-refractivity contribution in [2.45, 2.75) is 19.3 Å². The number of aliphatic hydroxyl groups excluding tert-OH is 1. The van der Waals surface area contributed by atoms with E-state index in [1.165, 1.54) is 6.42 Å². The summed E-state index contributed by atoms with van der Waals surface area (Å²) in [5.74, 6) is 0. The molecular formula is C8H16NO2+. The van der Waals surface area contributed by atoms with E-state index in [1.807, 2.05) is 0 Å². The van der Waals surface area contributed by atoms with Crippen molar-refractivity contribution >= 4 is 6.41 Å². The largest absolute Gasteiger partial charge is 0.390 e. The van der Waals surface area contributed by atoms with Gasteiger partial charge in [0.15, 0.2) is 0 Å². The van der Waals surface area contributed by atoms with E-state index < -0.39 is 0 Å². The summed E-state index contributed by atoms with van der Waals surface area (Å²) in [6, 6.07) is 0. The van der Waals surface area contributed by atoms with E-state index in [9.17, 15) is 4.79 Å². The van der Waals surface area contributed by atoms with Crippen LogP contribution in [0.15, 0.2) is 0 Å². The van der Waals surface area contributed by atoms with E-state index in [2.05, 4.69) is 0 Å². The molecular weight excluding hydrogens is 142 g/mol. The molecule has 0 unspecified atom stereocenters.